The summed E-state index contributed by atoms with van der Waals surface area (Å²) < 4.78 is 0. The van der Waals surface area contributed by atoms with Gasteiger partial charge in [0.25, 0.3) is 0 Å². The third-order valence-corrected chi connectivity index (χ3v) is 14.8. The second-order valence-electron chi connectivity index (χ2n) is 18.3. The van der Waals surface area contributed by atoms with E-state index in [0.717, 1.165) is 0 Å². The summed E-state index contributed by atoms with van der Waals surface area (Å²) in [5, 5.41) is 10.4. The molecule has 0 saturated carbocycles. The number of hydrogen-bond donors (Lipinski definition) is 0. The molecule has 0 nitrogen and oxygen atoms in total. The van der Waals surface area contributed by atoms with Crippen LogP contribution >= 0.6 is 0 Å². The minimum absolute atomic E-state index is 1.23. The summed E-state index contributed by atoms with van der Waals surface area (Å²) in [4.78, 5) is 0. The zero-order chi connectivity index (χ0) is 43.6. The van der Waals surface area contributed by atoms with Gasteiger partial charge in [-0.1, -0.05) is 200 Å². The van der Waals surface area contributed by atoms with Gasteiger partial charge in [0, 0.05) is 0 Å². The van der Waals surface area contributed by atoms with E-state index in [4.69, 9.17) is 0 Å². The molecule has 2 aliphatic rings. The fourth-order valence-corrected chi connectivity index (χ4v) is 12.2. The molecule has 12 aromatic rings. The minimum Gasteiger partial charge on any atom is -0.0622 e. The Balaban J connectivity index is 1.19. The van der Waals surface area contributed by atoms with E-state index >= 15 is 0 Å². The number of rotatable bonds is 5. The lowest BCUT2D eigenvalue weighted by atomic mass is 9.81. The molecule has 0 aromatic heterocycles. The van der Waals surface area contributed by atoms with Gasteiger partial charge in [0.2, 0.25) is 0 Å². The highest BCUT2D eigenvalue weighted by molar-refractivity contribution is 6.35. The van der Waals surface area contributed by atoms with Gasteiger partial charge in [-0.15, -0.1) is 0 Å². The van der Waals surface area contributed by atoms with E-state index in [0.29, 0.717) is 0 Å². The lowest BCUT2D eigenvalue weighted by molar-refractivity contribution is 1.38. The van der Waals surface area contributed by atoms with Crippen LogP contribution in [0, 0.1) is 13.8 Å². The van der Waals surface area contributed by atoms with E-state index in [9.17, 15) is 0 Å². The van der Waals surface area contributed by atoms with Crippen molar-refractivity contribution < 1.29 is 0 Å². The van der Waals surface area contributed by atoms with Crippen molar-refractivity contribution in [1.82, 2.24) is 0 Å². The number of fused-ring (bicyclic) bond motifs is 9. The molecule has 0 spiro atoms. The van der Waals surface area contributed by atoms with Gasteiger partial charge in [-0.3, -0.25) is 0 Å². The van der Waals surface area contributed by atoms with Crippen LogP contribution in [0.25, 0.3) is 143 Å². The molecule has 14 rings (SSSR count). The first-order chi connectivity index (χ1) is 32.6. The van der Waals surface area contributed by atoms with Crippen LogP contribution in [0.1, 0.15) is 11.1 Å². The summed E-state index contributed by atoms with van der Waals surface area (Å²) in [7, 11) is 0. The van der Waals surface area contributed by atoms with Crippen molar-refractivity contribution in [2.75, 3.05) is 0 Å². The molecule has 0 aliphatic heterocycles. The smallest absolute Gasteiger partial charge is 0.000719 e. The highest BCUT2D eigenvalue weighted by atomic mass is 14.4. The zero-order valence-electron chi connectivity index (χ0n) is 36.8. The number of benzene rings is 12. The summed E-state index contributed by atoms with van der Waals surface area (Å²) in [5.41, 5.74) is 25.8. The molecule has 66 heavy (non-hydrogen) atoms. The maximum atomic E-state index is 2.59. The number of hydrogen-bond acceptors (Lipinski definition) is 0. The molecule has 0 N–H and O–H groups in total. The second-order valence-corrected chi connectivity index (χ2v) is 18.3. The Kier molecular flexibility index (Phi) is 7.92. The monoisotopic (exact) mass is 834 g/mol. The van der Waals surface area contributed by atoms with Gasteiger partial charge in [0.05, 0.1) is 0 Å². The number of aryl methyl sites for hydroxylation is 2. The highest BCUT2D eigenvalue weighted by Crippen LogP contribution is 2.64. The first kappa shape index (κ1) is 37.1. The van der Waals surface area contributed by atoms with Gasteiger partial charge in [-0.25, -0.2) is 0 Å². The molecule has 0 fully saturated rings. The van der Waals surface area contributed by atoms with Crippen molar-refractivity contribution in [3.8, 4) is 100 Å². The highest BCUT2D eigenvalue weighted by Gasteiger charge is 2.37. The van der Waals surface area contributed by atoms with Crippen LogP contribution in [0.2, 0.25) is 0 Å². The van der Waals surface area contributed by atoms with Crippen LogP contribution in [0.4, 0.5) is 0 Å². The Morgan fingerprint density at radius 2 is 0.591 bits per heavy atom. The molecule has 0 radical (unpaired) electrons. The Hall–Kier alpha value is -8.32. The second kappa shape index (κ2) is 14.1. The zero-order valence-corrected chi connectivity index (χ0v) is 36.8. The third kappa shape index (κ3) is 5.10. The lowest BCUT2D eigenvalue weighted by Crippen LogP contribution is -1.95. The summed E-state index contributed by atoms with van der Waals surface area (Å²) in [6, 6.07) is 81.9. The van der Waals surface area contributed by atoms with Gasteiger partial charge in [-0.2, -0.15) is 0 Å². The topological polar surface area (TPSA) is 0 Å². The van der Waals surface area contributed by atoms with Gasteiger partial charge >= 0.3 is 0 Å². The van der Waals surface area contributed by atoms with Crippen LogP contribution in [-0.2, 0) is 0 Å². The predicted octanol–water partition coefficient (Wildman–Crippen LogP) is 18.5. The molecule has 0 atom stereocenters. The van der Waals surface area contributed by atoms with Crippen molar-refractivity contribution in [1.29, 1.82) is 0 Å². The lowest BCUT2D eigenvalue weighted by Gasteiger charge is -2.21. The molecule has 2 aliphatic carbocycles. The first-order valence-corrected chi connectivity index (χ1v) is 23.2. The Bertz CT molecular complexity index is 3990. The van der Waals surface area contributed by atoms with E-state index in [1.54, 1.807) is 0 Å². The molecule has 0 bridgehead atoms. The molecular weight excluding hydrogens is 793 g/mol. The maximum absolute atomic E-state index is 2.59. The normalized spacial score (nSPS) is 12.1. The summed E-state index contributed by atoms with van der Waals surface area (Å²) in [6.07, 6.45) is 0. The van der Waals surface area contributed by atoms with Crippen LogP contribution in [0.15, 0.2) is 218 Å². The van der Waals surface area contributed by atoms with E-state index < -0.39 is 0 Å². The average Bonchev–Trinajstić information content (AvgIpc) is 3.87. The molecule has 12 aromatic carbocycles. The Labute approximate surface area is 384 Å². The predicted molar refractivity (Wildman–Crippen MR) is 282 cm³/mol. The van der Waals surface area contributed by atoms with Gasteiger partial charge in [0.15, 0.2) is 0 Å². The van der Waals surface area contributed by atoms with Crippen molar-refractivity contribution in [3.63, 3.8) is 0 Å². The largest absolute Gasteiger partial charge is 0.0622 e. The van der Waals surface area contributed by atoms with Gasteiger partial charge in [-0.05, 0) is 186 Å². The third-order valence-electron chi connectivity index (χ3n) is 14.8. The minimum atomic E-state index is 1.23. The molecule has 0 unspecified atom stereocenters. The van der Waals surface area contributed by atoms with Crippen LogP contribution in [0.5, 0.6) is 0 Å². The molecular formula is C66H42. The Morgan fingerprint density at radius 3 is 1.08 bits per heavy atom. The van der Waals surface area contributed by atoms with Crippen molar-refractivity contribution in [2.24, 2.45) is 0 Å². The van der Waals surface area contributed by atoms with Crippen molar-refractivity contribution >= 4 is 43.1 Å². The van der Waals surface area contributed by atoms with Gasteiger partial charge in [0.1, 0.15) is 0 Å². The van der Waals surface area contributed by atoms with Crippen molar-refractivity contribution in [3.05, 3.63) is 230 Å². The summed E-state index contributed by atoms with van der Waals surface area (Å²) in [6.45, 7) is 4.59. The van der Waals surface area contributed by atoms with Crippen LogP contribution < -0.4 is 0 Å². The SMILES string of the molecule is Cc1cccc(C)c1-c1cc2c3c(ccc4c3c1-c1cc3c(-c5ccccc5)c5ccccc5c(-c5ccccc5)c3cc1-4)-c1c-2c(-c2ccccc2)c2ccccc2c1-c1ccccc1. The molecule has 0 saturated heterocycles. The van der Waals surface area contributed by atoms with E-state index in [1.807, 2.05) is 0 Å². The van der Waals surface area contributed by atoms with Gasteiger partial charge < -0.3 is 0 Å². The van der Waals surface area contributed by atoms with Crippen LogP contribution in [-0.4, -0.2) is 0 Å². The molecule has 0 heterocycles. The fraction of sp³-hybridized carbons (Fsp3) is 0.0303. The van der Waals surface area contributed by atoms with Crippen molar-refractivity contribution in [2.45, 2.75) is 13.8 Å². The fourth-order valence-electron chi connectivity index (χ4n) is 12.2. The summed E-state index contributed by atoms with van der Waals surface area (Å²) in [5.74, 6) is 0. The van der Waals surface area contributed by atoms with E-state index in [1.165, 1.54) is 154 Å². The van der Waals surface area contributed by atoms with E-state index in [-0.39, 0.29) is 0 Å². The Morgan fingerprint density at radius 1 is 0.197 bits per heavy atom. The molecule has 306 valence electrons. The standard InChI is InChI=1S/C66H42/c1-39-20-19-21-40(2)57(39)55-38-56-62-50(65-60(43-26-11-5-12-27-43)47-32-17-18-33-48(47)61(66(56)65)44-28-13-6-14-29-44)35-34-49-51-36-53-54(37-52(51)63(55)64(49)62)59(42-24-9-4-10-25-42)46-31-16-15-30-45(46)58(53)41-22-7-3-8-23-41/h3-38H,1-2H3. The molecule has 0 heteroatoms. The maximum Gasteiger partial charge on any atom is -0.000719 e. The van der Waals surface area contributed by atoms with E-state index in [2.05, 4.69) is 232 Å². The van der Waals surface area contributed by atoms with Crippen LogP contribution in [0.3, 0.4) is 0 Å². The summed E-state index contributed by atoms with van der Waals surface area (Å²) >= 11 is 0. The average molecular weight is 835 g/mol. The first-order valence-electron chi connectivity index (χ1n) is 23.2. The quantitative estimate of drug-likeness (QED) is 0.152. The molecule has 0 amide bonds.